The molecule has 0 aromatic heterocycles. The molecule has 8 heteroatoms. The number of fused-ring (bicyclic) bond motifs is 1. The van der Waals surface area contributed by atoms with Gasteiger partial charge in [-0.15, -0.1) is 0 Å². The Kier molecular flexibility index (Phi) is 8.92. The molecule has 0 radical (unpaired) electrons. The Bertz CT molecular complexity index is 1990. The second kappa shape index (κ2) is 14.1. The molecule has 0 saturated carbocycles. The largest absolute Gasteiger partial charge is 0.382 e. The predicted octanol–water partition coefficient (Wildman–Crippen LogP) is 6.54. The van der Waals surface area contributed by atoms with Crippen molar-refractivity contribution in [2.45, 2.75) is 37.8 Å². The van der Waals surface area contributed by atoms with Gasteiger partial charge in [-0.3, -0.25) is 9.59 Å². The van der Waals surface area contributed by atoms with E-state index in [-0.39, 0.29) is 11.8 Å². The first kappa shape index (κ1) is 30.5. The lowest BCUT2D eigenvalue weighted by Crippen LogP contribution is -2.20. The van der Waals surface area contributed by atoms with Crippen LogP contribution in [0.5, 0.6) is 0 Å². The number of amides is 2. The first-order valence-electron chi connectivity index (χ1n) is 16.0. The highest BCUT2D eigenvalue weighted by molar-refractivity contribution is 5.96. The van der Waals surface area contributed by atoms with E-state index in [1.165, 1.54) is 22.3 Å². The minimum absolute atomic E-state index is 0.294. The lowest BCUT2D eigenvalue weighted by Gasteiger charge is -2.14. The van der Waals surface area contributed by atoms with E-state index in [4.69, 9.17) is 0 Å². The number of rotatable bonds is 10. The van der Waals surface area contributed by atoms with Crippen LogP contribution in [0.3, 0.4) is 0 Å². The number of benzene rings is 4. The number of carbonyl (C=O) groups is 2. The van der Waals surface area contributed by atoms with Crippen molar-refractivity contribution in [3.05, 3.63) is 165 Å². The van der Waals surface area contributed by atoms with E-state index < -0.39 is 0 Å². The van der Waals surface area contributed by atoms with Gasteiger partial charge in [0.25, 0.3) is 11.8 Å². The van der Waals surface area contributed by atoms with Gasteiger partial charge in [-0.25, -0.2) is 10.9 Å². The van der Waals surface area contributed by atoms with Gasteiger partial charge in [0, 0.05) is 34.6 Å². The molecular weight excluding hydrogens is 596 g/mol. The highest BCUT2D eigenvalue weighted by Gasteiger charge is 2.22. The third-order valence-electron chi connectivity index (χ3n) is 8.68. The molecule has 0 aliphatic heterocycles. The molecule has 0 atom stereocenters. The van der Waals surface area contributed by atoms with E-state index in [0.717, 1.165) is 48.2 Å². The van der Waals surface area contributed by atoms with Crippen molar-refractivity contribution in [2.24, 2.45) is 10.2 Å². The van der Waals surface area contributed by atoms with Crippen LogP contribution < -0.4 is 21.5 Å². The van der Waals surface area contributed by atoms with Crippen molar-refractivity contribution in [3.63, 3.8) is 0 Å². The Morgan fingerprint density at radius 2 is 1.04 bits per heavy atom. The average Bonchev–Trinajstić information content (AvgIpc) is 3.72. The molecule has 48 heavy (non-hydrogen) atoms. The highest BCUT2D eigenvalue weighted by Crippen LogP contribution is 2.31. The molecule has 8 nitrogen and oxygen atoms in total. The van der Waals surface area contributed by atoms with Gasteiger partial charge in [0.05, 0.1) is 12.4 Å². The third-order valence-corrected chi connectivity index (χ3v) is 8.68. The van der Waals surface area contributed by atoms with Gasteiger partial charge in [0.1, 0.15) is 0 Å². The molecule has 0 heterocycles. The summed E-state index contributed by atoms with van der Waals surface area (Å²) in [7, 11) is 0. The van der Waals surface area contributed by atoms with Gasteiger partial charge in [-0.2, -0.15) is 10.2 Å². The first-order valence-corrected chi connectivity index (χ1v) is 16.0. The molecule has 3 aliphatic carbocycles. The van der Waals surface area contributed by atoms with Gasteiger partial charge >= 0.3 is 0 Å². The summed E-state index contributed by atoms with van der Waals surface area (Å²) in [6, 6.07) is 31.4. The van der Waals surface area contributed by atoms with E-state index in [2.05, 4.69) is 67.4 Å². The van der Waals surface area contributed by atoms with Crippen molar-refractivity contribution in [1.82, 2.24) is 10.9 Å². The maximum Gasteiger partial charge on any atom is 0.271 e. The minimum atomic E-state index is -0.300. The van der Waals surface area contributed by atoms with Crippen LogP contribution in [0.2, 0.25) is 0 Å². The fraction of sp³-hybridized carbons (Fsp3) is 0.150. The van der Waals surface area contributed by atoms with Crippen LogP contribution in [0.25, 0.3) is 0 Å². The summed E-state index contributed by atoms with van der Waals surface area (Å²) in [4.78, 5) is 25.3. The Balaban J connectivity index is 0.855. The van der Waals surface area contributed by atoms with Crippen molar-refractivity contribution in [2.75, 3.05) is 10.6 Å². The number of anilines is 2. The molecule has 3 aliphatic rings. The summed E-state index contributed by atoms with van der Waals surface area (Å²) >= 11 is 0. The summed E-state index contributed by atoms with van der Waals surface area (Å²) in [6.45, 7) is 0. The zero-order valence-corrected chi connectivity index (χ0v) is 26.2. The van der Waals surface area contributed by atoms with Crippen LogP contribution in [0.4, 0.5) is 11.4 Å². The summed E-state index contributed by atoms with van der Waals surface area (Å²) in [5.41, 5.74) is 21.1. The van der Waals surface area contributed by atoms with E-state index >= 15 is 0 Å². The molecule has 0 bridgehead atoms. The average molecular weight is 631 g/mol. The van der Waals surface area contributed by atoms with Crippen LogP contribution in [0, 0.1) is 0 Å². The summed E-state index contributed by atoms with van der Waals surface area (Å²) < 4.78 is 0. The molecule has 0 unspecified atom stereocenters. The van der Waals surface area contributed by atoms with Crippen LogP contribution in [-0.2, 0) is 12.8 Å². The second-order valence-electron chi connectivity index (χ2n) is 12.1. The Morgan fingerprint density at radius 3 is 1.52 bits per heavy atom. The zero-order chi connectivity index (χ0) is 32.7. The topological polar surface area (TPSA) is 107 Å². The molecule has 4 aromatic rings. The number of hydrogen-bond donors (Lipinski definition) is 4. The SMILES string of the molecule is O=C(NN=Cc1cccc(C=NNC(=O)c2ccc(NC3Cc4ccccc4C3)cc2)c1)c1ccc(NC2CC3=C(C=C=C=C3)C2)cc1. The summed E-state index contributed by atoms with van der Waals surface area (Å²) in [6.07, 6.45) is 11.0. The van der Waals surface area contributed by atoms with Crippen LogP contribution >= 0.6 is 0 Å². The highest BCUT2D eigenvalue weighted by atomic mass is 16.2. The number of allylic oxidation sites excluding steroid dienone is 2. The Labute approximate surface area is 279 Å². The molecule has 0 saturated heterocycles. The molecule has 4 aromatic carbocycles. The lowest BCUT2D eigenvalue weighted by atomic mass is 10.1. The Morgan fingerprint density at radius 1 is 0.583 bits per heavy atom. The first-order chi connectivity index (χ1) is 23.6. The molecule has 4 N–H and O–H groups in total. The lowest BCUT2D eigenvalue weighted by molar-refractivity contribution is 0.0947. The van der Waals surface area contributed by atoms with Crippen molar-refractivity contribution < 1.29 is 9.59 Å². The maximum atomic E-state index is 12.7. The van der Waals surface area contributed by atoms with Crippen molar-refractivity contribution in [3.8, 4) is 0 Å². The maximum absolute atomic E-state index is 12.7. The molecule has 2 amide bonds. The summed E-state index contributed by atoms with van der Waals surface area (Å²) in [5.74, 6) is -0.595. The normalized spacial score (nSPS) is 15.2. The fourth-order valence-corrected chi connectivity index (χ4v) is 6.28. The van der Waals surface area contributed by atoms with Crippen LogP contribution in [0.15, 0.2) is 142 Å². The van der Waals surface area contributed by atoms with Crippen LogP contribution in [0.1, 0.15) is 55.8 Å². The van der Waals surface area contributed by atoms with Gasteiger partial charge in [-0.05, 0) is 126 Å². The third kappa shape index (κ3) is 7.43. The minimum Gasteiger partial charge on any atom is -0.382 e. The molecule has 7 rings (SSSR count). The van der Waals surface area contributed by atoms with E-state index in [0.29, 0.717) is 23.2 Å². The summed E-state index contributed by atoms with van der Waals surface area (Å²) in [5, 5.41) is 15.4. The van der Waals surface area contributed by atoms with Crippen LogP contribution in [-0.4, -0.2) is 36.3 Å². The quantitative estimate of drug-likeness (QED) is 0.0907. The predicted molar refractivity (Wildman–Crippen MR) is 191 cm³/mol. The number of carbonyl (C=O) groups excluding carboxylic acids is 2. The standard InChI is InChI=1S/C40H34N6O2/c47-39(29-12-16-35(17-13-29)43-37-21-31-8-1-2-9-32(31)22-37)45-41-25-27-6-5-7-28(20-27)26-42-46-40(48)30-14-18-36(19-15-30)44-38-23-33-10-3-4-11-34(33)24-38/h1-2,5-20,25-26,37-38,43-44H,21-24H2,(H,45,47)(H,46,48). The smallest absolute Gasteiger partial charge is 0.271 e. The van der Waals surface area contributed by atoms with Gasteiger partial charge in [0.15, 0.2) is 0 Å². The Hall–Kier alpha value is -6.20. The number of hydrogen-bond acceptors (Lipinski definition) is 6. The van der Waals surface area contributed by atoms with Crippen molar-refractivity contribution in [1.29, 1.82) is 0 Å². The number of hydrazone groups is 2. The number of nitrogens with zero attached hydrogens (tertiary/aromatic N) is 2. The monoisotopic (exact) mass is 630 g/mol. The second-order valence-corrected chi connectivity index (χ2v) is 12.1. The molecule has 0 spiro atoms. The zero-order valence-electron chi connectivity index (χ0n) is 26.2. The fourth-order valence-electron chi connectivity index (χ4n) is 6.28. The molecule has 0 fully saturated rings. The number of nitrogens with one attached hydrogen (secondary N) is 4. The van der Waals surface area contributed by atoms with Gasteiger partial charge in [-0.1, -0.05) is 53.9 Å². The molecular formula is C40H34N6O2. The van der Waals surface area contributed by atoms with Gasteiger partial charge in [0.2, 0.25) is 0 Å². The van der Waals surface area contributed by atoms with E-state index in [9.17, 15) is 9.59 Å². The van der Waals surface area contributed by atoms with Crippen molar-refractivity contribution >= 4 is 35.6 Å². The van der Waals surface area contributed by atoms with E-state index in [1.54, 1.807) is 36.7 Å². The molecule has 236 valence electrons. The van der Waals surface area contributed by atoms with Gasteiger partial charge < -0.3 is 10.6 Å². The van der Waals surface area contributed by atoms with E-state index in [1.807, 2.05) is 60.7 Å².